The van der Waals surface area contributed by atoms with Crippen LogP contribution in [0.3, 0.4) is 0 Å². The second kappa shape index (κ2) is 8.21. The molecule has 6 nitrogen and oxygen atoms in total. The molecular weight excluding hydrogens is 338 g/mol. The molecule has 1 aliphatic rings. The van der Waals surface area contributed by atoms with E-state index in [4.69, 9.17) is 0 Å². The Labute approximate surface area is 161 Å². The van der Waals surface area contributed by atoms with Crippen LogP contribution in [0.1, 0.15) is 54.0 Å². The summed E-state index contributed by atoms with van der Waals surface area (Å²) in [6.07, 6.45) is 2.54. The summed E-state index contributed by atoms with van der Waals surface area (Å²) in [6, 6.07) is 6.44. The van der Waals surface area contributed by atoms with Crippen LogP contribution in [0.2, 0.25) is 0 Å². The summed E-state index contributed by atoms with van der Waals surface area (Å²) in [7, 11) is 0. The topological polar surface area (TPSA) is 63.1 Å². The van der Waals surface area contributed by atoms with E-state index in [1.54, 1.807) is 4.80 Å². The fourth-order valence-electron chi connectivity index (χ4n) is 3.81. The van der Waals surface area contributed by atoms with Crippen LogP contribution in [0.25, 0.3) is 5.69 Å². The Morgan fingerprint density at radius 3 is 2.78 bits per heavy atom. The minimum atomic E-state index is -0.152. The zero-order chi connectivity index (χ0) is 19.6. The number of nitrogens with one attached hydrogen (secondary N) is 1. The van der Waals surface area contributed by atoms with E-state index in [0.29, 0.717) is 24.0 Å². The third-order valence-corrected chi connectivity index (χ3v) is 5.43. The molecule has 146 valence electrons. The molecule has 0 unspecified atom stereocenters. The number of amides is 1. The molecule has 1 N–H and O–H groups in total. The SMILES string of the molecule is Cc1ccc(-n2nc(C)c(C(=O)NC[C@H](C)N3CCC[C@@H](C)C3)n2)c(C)c1. The lowest BCUT2D eigenvalue weighted by Gasteiger charge is -2.35. The van der Waals surface area contributed by atoms with Crippen LogP contribution in [-0.4, -0.2) is 51.5 Å². The summed E-state index contributed by atoms with van der Waals surface area (Å²) in [6.45, 7) is 13.2. The standard InChI is InChI=1S/C21H31N5O/c1-14-8-9-19(16(3)11-14)26-23-18(5)20(24-26)21(27)22-12-17(4)25-10-6-7-15(2)13-25/h8-9,11,15,17H,6-7,10,12-13H2,1-5H3,(H,22,27)/t15-,17+/m1/s1. The lowest BCUT2D eigenvalue weighted by atomic mass is 9.99. The van der Waals surface area contributed by atoms with Gasteiger partial charge >= 0.3 is 0 Å². The first-order chi connectivity index (χ1) is 12.8. The minimum Gasteiger partial charge on any atom is -0.349 e. The van der Waals surface area contributed by atoms with Gasteiger partial charge in [0.2, 0.25) is 0 Å². The Kier molecular flexibility index (Phi) is 5.95. The molecule has 1 aliphatic heterocycles. The zero-order valence-corrected chi connectivity index (χ0v) is 17.1. The third kappa shape index (κ3) is 4.56. The molecule has 1 amide bonds. The number of piperidine rings is 1. The fourth-order valence-corrected chi connectivity index (χ4v) is 3.81. The summed E-state index contributed by atoms with van der Waals surface area (Å²) in [5, 5.41) is 12.0. The first kappa shape index (κ1) is 19.5. The van der Waals surface area contributed by atoms with E-state index >= 15 is 0 Å². The van der Waals surface area contributed by atoms with Gasteiger partial charge in [-0.25, -0.2) is 0 Å². The van der Waals surface area contributed by atoms with E-state index in [1.807, 2.05) is 26.0 Å². The Morgan fingerprint density at radius 1 is 1.30 bits per heavy atom. The predicted molar refractivity (Wildman–Crippen MR) is 107 cm³/mol. The number of carbonyl (C=O) groups excluding carboxylic acids is 1. The summed E-state index contributed by atoms with van der Waals surface area (Å²) >= 11 is 0. The molecule has 2 aromatic rings. The Hall–Kier alpha value is -2.21. The molecule has 3 rings (SSSR count). The maximum Gasteiger partial charge on any atom is 0.273 e. The Morgan fingerprint density at radius 2 is 2.07 bits per heavy atom. The van der Waals surface area contributed by atoms with E-state index in [-0.39, 0.29) is 5.91 Å². The van der Waals surface area contributed by atoms with Crippen molar-refractivity contribution in [3.8, 4) is 5.69 Å². The normalized spacial score (nSPS) is 19.1. The number of aromatic nitrogens is 3. The number of hydrogen-bond donors (Lipinski definition) is 1. The average molecular weight is 370 g/mol. The molecule has 0 bridgehead atoms. The van der Waals surface area contributed by atoms with Crippen molar-refractivity contribution in [1.29, 1.82) is 0 Å². The van der Waals surface area contributed by atoms with Crippen LogP contribution in [0.4, 0.5) is 0 Å². The number of rotatable bonds is 5. The van der Waals surface area contributed by atoms with Gasteiger partial charge in [0.15, 0.2) is 5.69 Å². The number of carbonyl (C=O) groups is 1. The van der Waals surface area contributed by atoms with Gasteiger partial charge < -0.3 is 5.32 Å². The lowest BCUT2D eigenvalue weighted by Crippen LogP contribution is -2.46. The van der Waals surface area contributed by atoms with Crippen LogP contribution in [0.15, 0.2) is 18.2 Å². The van der Waals surface area contributed by atoms with E-state index in [1.165, 1.54) is 18.4 Å². The van der Waals surface area contributed by atoms with Crippen LogP contribution < -0.4 is 5.32 Å². The average Bonchev–Trinajstić information content (AvgIpc) is 3.01. The number of aryl methyl sites for hydroxylation is 3. The van der Waals surface area contributed by atoms with E-state index in [9.17, 15) is 4.79 Å². The van der Waals surface area contributed by atoms with Gasteiger partial charge in [-0.1, -0.05) is 24.6 Å². The van der Waals surface area contributed by atoms with Crippen molar-refractivity contribution in [2.24, 2.45) is 5.92 Å². The number of benzene rings is 1. The molecule has 0 aliphatic carbocycles. The molecular formula is C21H31N5O. The van der Waals surface area contributed by atoms with Gasteiger partial charge in [0.1, 0.15) is 0 Å². The van der Waals surface area contributed by atoms with Crippen molar-refractivity contribution in [3.63, 3.8) is 0 Å². The quantitative estimate of drug-likeness (QED) is 0.880. The molecule has 0 saturated carbocycles. The predicted octanol–water partition coefficient (Wildman–Crippen LogP) is 3.04. The Bertz CT molecular complexity index is 813. The van der Waals surface area contributed by atoms with Crippen molar-refractivity contribution in [1.82, 2.24) is 25.2 Å². The summed E-state index contributed by atoms with van der Waals surface area (Å²) in [5.41, 5.74) is 4.23. The second-order valence-corrected chi connectivity index (χ2v) is 8.01. The Balaban J connectivity index is 1.66. The molecule has 0 radical (unpaired) electrons. The van der Waals surface area contributed by atoms with Crippen LogP contribution in [0, 0.1) is 26.7 Å². The number of hydrogen-bond acceptors (Lipinski definition) is 4. The fraction of sp³-hybridized carbons (Fsp3) is 0.571. The summed E-state index contributed by atoms with van der Waals surface area (Å²) in [5.74, 6) is 0.581. The van der Waals surface area contributed by atoms with Crippen LogP contribution >= 0.6 is 0 Å². The highest BCUT2D eigenvalue weighted by molar-refractivity contribution is 5.93. The van der Waals surface area contributed by atoms with Crippen molar-refractivity contribution < 1.29 is 4.79 Å². The van der Waals surface area contributed by atoms with Crippen molar-refractivity contribution >= 4 is 5.91 Å². The van der Waals surface area contributed by atoms with Gasteiger partial charge in [0, 0.05) is 19.1 Å². The monoisotopic (exact) mass is 369 g/mol. The zero-order valence-electron chi connectivity index (χ0n) is 17.1. The second-order valence-electron chi connectivity index (χ2n) is 8.01. The number of nitrogens with zero attached hydrogens (tertiary/aromatic N) is 4. The van der Waals surface area contributed by atoms with Crippen molar-refractivity contribution in [2.45, 2.75) is 53.5 Å². The maximum absolute atomic E-state index is 12.7. The lowest BCUT2D eigenvalue weighted by molar-refractivity contribution is 0.0911. The molecule has 1 fully saturated rings. The largest absolute Gasteiger partial charge is 0.349 e. The first-order valence-electron chi connectivity index (χ1n) is 9.89. The summed E-state index contributed by atoms with van der Waals surface area (Å²) < 4.78 is 0. The van der Waals surface area contributed by atoms with E-state index < -0.39 is 0 Å². The van der Waals surface area contributed by atoms with Crippen molar-refractivity contribution in [3.05, 3.63) is 40.7 Å². The van der Waals surface area contributed by atoms with Crippen molar-refractivity contribution in [2.75, 3.05) is 19.6 Å². The first-order valence-corrected chi connectivity index (χ1v) is 9.89. The van der Waals surface area contributed by atoms with Crippen LogP contribution in [0.5, 0.6) is 0 Å². The van der Waals surface area contributed by atoms with Gasteiger partial charge in [-0.2, -0.15) is 9.90 Å². The molecule has 2 heterocycles. The molecule has 0 spiro atoms. The maximum atomic E-state index is 12.7. The molecule has 27 heavy (non-hydrogen) atoms. The van der Waals surface area contributed by atoms with Gasteiger partial charge in [0.25, 0.3) is 5.91 Å². The van der Waals surface area contributed by atoms with Gasteiger partial charge in [0.05, 0.1) is 11.4 Å². The highest BCUT2D eigenvalue weighted by atomic mass is 16.2. The van der Waals surface area contributed by atoms with Crippen LogP contribution in [-0.2, 0) is 0 Å². The van der Waals surface area contributed by atoms with Gasteiger partial charge in [-0.05, 0) is 64.6 Å². The third-order valence-electron chi connectivity index (χ3n) is 5.43. The molecule has 1 saturated heterocycles. The molecule has 1 aromatic heterocycles. The molecule has 6 heteroatoms. The molecule has 1 aromatic carbocycles. The minimum absolute atomic E-state index is 0.152. The summed E-state index contributed by atoms with van der Waals surface area (Å²) in [4.78, 5) is 16.7. The van der Waals surface area contributed by atoms with Gasteiger partial charge in [-0.3, -0.25) is 9.69 Å². The van der Waals surface area contributed by atoms with E-state index in [0.717, 1.165) is 30.3 Å². The number of likely N-dealkylation sites (tertiary alicyclic amines) is 1. The molecule has 2 atom stereocenters. The van der Waals surface area contributed by atoms with E-state index in [2.05, 4.69) is 47.3 Å². The highest BCUT2D eigenvalue weighted by Gasteiger charge is 2.22. The highest BCUT2D eigenvalue weighted by Crippen LogP contribution is 2.18. The smallest absolute Gasteiger partial charge is 0.273 e. The van der Waals surface area contributed by atoms with Gasteiger partial charge in [-0.15, -0.1) is 5.10 Å².